The SMILES string of the molecule is CCCCCC[C@H](C)Oc1ccc(-c2nnc(-c3ccc(-c4nnc(-c5ccc(O[C@@H](C)CCCCCC)cc5)c(-c5ccc(O[C@@H](C)CCCCCC)cc5)n4)cc3)nc2-c2ccc(O[C@@H](C)CCCCCC)cc2)cc1. The van der Waals surface area contributed by atoms with Crippen LogP contribution in [0.2, 0.25) is 0 Å². The Morgan fingerprint density at radius 2 is 0.500 bits per heavy atom. The molecule has 0 saturated carbocycles. The highest BCUT2D eigenvalue weighted by Gasteiger charge is 2.19. The van der Waals surface area contributed by atoms with Gasteiger partial charge in [0.05, 0.1) is 24.4 Å². The van der Waals surface area contributed by atoms with Crippen LogP contribution in [-0.2, 0) is 0 Å². The number of aromatic nitrogens is 6. The number of nitrogens with zero attached hydrogens (tertiary/aromatic N) is 6. The van der Waals surface area contributed by atoms with Gasteiger partial charge in [0.15, 0.2) is 11.6 Å². The second-order valence-electron chi connectivity index (χ2n) is 21.5. The molecule has 2 heterocycles. The van der Waals surface area contributed by atoms with E-state index in [2.05, 4.69) is 79.7 Å². The Morgan fingerprint density at radius 1 is 0.269 bits per heavy atom. The van der Waals surface area contributed by atoms with Crippen molar-refractivity contribution >= 4 is 0 Å². The molecule has 0 amide bonds. The van der Waals surface area contributed by atoms with E-state index in [-0.39, 0.29) is 24.4 Å². The third kappa shape index (κ3) is 18.2. The molecule has 7 aromatic rings. The number of unbranched alkanes of at least 4 members (excludes halogenated alkanes) is 12. The quantitative estimate of drug-likeness (QED) is 0.0361. The standard InChI is InChI=1S/C68H88N6O4/c1-9-13-17-21-25-49(5)75-59-41-33-53(34-42-59)63-65(55-37-45-61(46-38-55)77-51(7)27-23-19-15-11-3)71-73-67(69-63)57-29-31-58(32-30-57)68-70-64(54-35-43-60(44-36-54)76-50(6)26-22-18-14-10-2)66(72-74-68)56-39-47-62(48-40-56)78-52(8)28-24-20-16-12-4/h29-52H,9-28H2,1-8H3/t49-,50-,51-,52-/m0/s1. The minimum absolute atomic E-state index is 0.130. The molecule has 0 spiro atoms. The molecule has 0 N–H and O–H groups in total. The Kier molecular flexibility index (Phi) is 23.9. The van der Waals surface area contributed by atoms with Gasteiger partial charge in [0.25, 0.3) is 0 Å². The summed E-state index contributed by atoms with van der Waals surface area (Å²) in [6.45, 7) is 17.6. The van der Waals surface area contributed by atoms with Gasteiger partial charge in [0.1, 0.15) is 45.8 Å². The van der Waals surface area contributed by atoms with E-state index in [0.717, 1.165) is 93.4 Å². The van der Waals surface area contributed by atoms with Gasteiger partial charge in [-0.05, 0) is 176 Å². The first kappa shape index (κ1) is 59.0. The van der Waals surface area contributed by atoms with Gasteiger partial charge in [-0.3, -0.25) is 0 Å². The number of ether oxygens (including phenoxy) is 4. The largest absolute Gasteiger partial charge is 0.491 e. The third-order valence-electron chi connectivity index (χ3n) is 14.5. The molecule has 0 unspecified atom stereocenters. The first-order chi connectivity index (χ1) is 38.1. The number of hydrogen-bond donors (Lipinski definition) is 0. The third-order valence-corrected chi connectivity index (χ3v) is 14.5. The summed E-state index contributed by atoms with van der Waals surface area (Å²) in [5, 5.41) is 19.2. The molecule has 0 aliphatic carbocycles. The molecule has 0 aliphatic heterocycles. The lowest BCUT2D eigenvalue weighted by Gasteiger charge is -2.16. The topological polar surface area (TPSA) is 114 Å². The van der Waals surface area contributed by atoms with E-state index in [1.54, 1.807) is 0 Å². The normalized spacial score (nSPS) is 12.9. The first-order valence-electron chi connectivity index (χ1n) is 29.8. The van der Waals surface area contributed by atoms with Crippen LogP contribution < -0.4 is 18.9 Å². The zero-order chi connectivity index (χ0) is 54.9. The maximum Gasteiger partial charge on any atom is 0.182 e. The Hall–Kier alpha value is -6.68. The molecule has 0 saturated heterocycles. The van der Waals surface area contributed by atoms with Crippen molar-refractivity contribution in [1.29, 1.82) is 0 Å². The zero-order valence-corrected chi connectivity index (χ0v) is 48.3. The summed E-state index contributed by atoms with van der Waals surface area (Å²) in [5.74, 6) is 4.36. The van der Waals surface area contributed by atoms with Gasteiger partial charge in [-0.1, -0.05) is 129 Å². The number of benzene rings is 5. The Morgan fingerprint density at radius 3 is 0.744 bits per heavy atom. The van der Waals surface area contributed by atoms with Gasteiger partial charge in [-0.25, -0.2) is 9.97 Å². The molecule has 10 heteroatoms. The van der Waals surface area contributed by atoms with Crippen LogP contribution in [0.15, 0.2) is 121 Å². The molecule has 5 aromatic carbocycles. The highest BCUT2D eigenvalue weighted by molar-refractivity contribution is 5.81. The van der Waals surface area contributed by atoms with Crippen LogP contribution in [-0.4, -0.2) is 54.8 Å². The van der Waals surface area contributed by atoms with Crippen molar-refractivity contribution in [3.63, 3.8) is 0 Å². The average molecular weight is 1050 g/mol. The molecule has 0 fully saturated rings. The van der Waals surface area contributed by atoms with Crippen LogP contribution in [0.3, 0.4) is 0 Å². The van der Waals surface area contributed by atoms with E-state index in [9.17, 15) is 0 Å². The lowest BCUT2D eigenvalue weighted by molar-refractivity contribution is 0.206. The second kappa shape index (κ2) is 31.7. The number of rotatable bonds is 34. The predicted octanol–water partition coefficient (Wildman–Crippen LogP) is 19.0. The Labute approximate surface area is 467 Å². The lowest BCUT2D eigenvalue weighted by Crippen LogP contribution is -2.11. The van der Waals surface area contributed by atoms with E-state index in [1.807, 2.05) is 97.1 Å². The van der Waals surface area contributed by atoms with E-state index >= 15 is 0 Å². The van der Waals surface area contributed by atoms with Gasteiger partial charge < -0.3 is 18.9 Å². The van der Waals surface area contributed by atoms with E-state index in [4.69, 9.17) is 49.3 Å². The first-order valence-corrected chi connectivity index (χ1v) is 29.8. The molecule has 0 radical (unpaired) electrons. The van der Waals surface area contributed by atoms with Crippen LogP contribution in [0.4, 0.5) is 0 Å². The predicted molar refractivity (Wildman–Crippen MR) is 321 cm³/mol. The van der Waals surface area contributed by atoms with Crippen molar-refractivity contribution in [2.24, 2.45) is 0 Å². The monoisotopic (exact) mass is 1050 g/mol. The van der Waals surface area contributed by atoms with E-state index in [1.165, 1.54) is 103 Å². The summed E-state index contributed by atoms with van der Waals surface area (Å²) in [7, 11) is 0. The second-order valence-corrected chi connectivity index (χ2v) is 21.5. The zero-order valence-electron chi connectivity index (χ0n) is 48.3. The van der Waals surface area contributed by atoms with Crippen molar-refractivity contribution in [3.05, 3.63) is 121 Å². The van der Waals surface area contributed by atoms with Gasteiger partial charge in [0.2, 0.25) is 0 Å². The molecule has 414 valence electrons. The molecule has 0 bridgehead atoms. The van der Waals surface area contributed by atoms with Gasteiger partial charge in [-0.2, -0.15) is 0 Å². The van der Waals surface area contributed by atoms with E-state index < -0.39 is 0 Å². The summed E-state index contributed by atoms with van der Waals surface area (Å²) >= 11 is 0. The van der Waals surface area contributed by atoms with Crippen molar-refractivity contribution in [2.45, 2.75) is 208 Å². The van der Waals surface area contributed by atoms with Crippen LogP contribution in [0.5, 0.6) is 23.0 Å². The summed E-state index contributed by atoms with van der Waals surface area (Å²) in [4.78, 5) is 10.5. The molecule has 78 heavy (non-hydrogen) atoms. The van der Waals surface area contributed by atoms with Crippen molar-refractivity contribution in [1.82, 2.24) is 30.4 Å². The highest BCUT2D eigenvalue weighted by atomic mass is 16.5. The van der Waals surface area contributed by atoms with Crippen LogP contribution in [0.1, 0.15) is 184 Å². The number of hydrogen-bond acceptors (Lipinski definition) is 10. The molecule has 2 aromatic heterocycles. The van der Waals surface area contributed by atoms with Crippen LogP contribution >= 0.6 is 0 Å². The van der Waals surface area contributed by atoms with Crippen molar-refractivity contribution < 1.29 is 18.9 Å². The van der Waals surface area contributed by atoms with Crippen molar-refractivity contribution in [2.75, 3.05) is 0 Å². The minimum Gasteiger partial charge on any atom is -0.491 e. The molecule has 7 rings (SSSR count). The summed E-state index contributed by atoms with van der Waals surface area (Å²) in [6.07, 6.45) is 24.2. The average Bonchev–Trinajstić information content (AvgIpc) is 3.54. The maximum atomic E-state index is 6.36. The fourth-order valence-corrected chi connectivity index (χ4v) is 9.82. The summed E-state index contributed by atoms with van der Waals surface area (Å²) in [5.41, 5.74) is 8.08. The molecule has 4 atom stereocenters. The lowest BCUT2D eigenvalue weighted by atomic mass is 10.0. The van der Waals surface area contributed by atoms with E-state index in [0.29, 0.717) is 23.0 Å². The van der Waals surface area contributed by atoms with Crippen molar-refractivity contribution in [3.8, 4) is 90.8 Å². The molecule has 10 nitrogen and oxygen atoms in total. The molecular formula is C68H88N6O4. The van der Waals surface area contributed by atoms with Crippen LogP contribution in [0, 0.1) is 0 Å². The van der Waals surface area contributed by atoms with Crippen LogP contribution in [0.25, 0.3) is 67.8 Å². The van der Waals surface area contributed by atoms with Gasteiger partial charge in [-0.15, -0.1) is 20.4 Å². The molecule has 0 aliphatic rings. The van der Waals surface area contributed by atoms with Gasteiger partial charge in [0, 0.05) is 33.4 Å². The smallest absolute Gasteiger partial charge is 0.182 e. The Balaban J connectivity index is 1.16. The summed E-state index contributed by atoms with van der Waals surface area (Å²) < 4.78 is 25.4. The van der Waals surface area contributed by atoms with Gasteiger partial charge >= 0.3 is 0 Å². The maximum absolute atomic E-state index is 6.36. The summed E-state index contributed by atoms with van der Waals surface area (Å²) in [6, 6.07) is 40.7. The fraction of sp³-hybridized carbons (Fsp3) is 0.471. The minimum atomic E-state index is 0.130. The highest BCUT2D eigenvalue weighted by Crippen LogP contribution is 2.36. The fourth-order valence-electron chi connectivity index (χ4n) is 9.82. The Bertz CT molecular complexity index is 2610. The molecular weight excluding hydrogens is 965 g/mol.